The highest BCUT2D eigenvalue weighted by Gasteiger charge is 2.08. The van der Waals surface area contributed by atoms with Gasteiger partial charge in [0.1, 0.15) is 5.75 Å². The van der Waals surface area contributed by atoms with Gasteiger partial charge in [-0.1, -0.05) is 12.1 Å². The number of aryl methyl sites for hydroxylation is 1. The van der Waals surface area contributed by atoms with Gasteiger partial charge in [-0.25, -0.2) is 8.42 Å². The third-order valence-corrected chi connectivity index (χ3v) is 4.23. The third kappa shape index (κ3) is 6.02. The lowest BCUT2D eigenvalue weighted by Crippen LogP contribution is -2.14. The van der Waals surface area contributed by atoms with Crippen LogP contribution >= 0.6 is 0 Å². The number of benzene rings is 1. The first-order valence-electron chi connectivity index (χ1n) is 6.04. The van der Waals surface area contributed by atoms with Crippen LogP contribution < -0.4 is 4.74 Å². The topological polar surface area (TPSA) is 63.6 Å². The Balaban J connectivity index is 2.20. The molecule has 0 aliphatic carbocycles. The highest BCUT2D eigenvalue weighted by molar-refractivity contribution is 7.91. The van der Waals surface area contributed by atoms with E-state index in [4.69, 9.17) is 9.84 Å². The van der Waals surface area contributed by atoms with E-state index in [1.165, 1.54) is 0 Å². The quantitative estimate of drug-likeness (QED) is 0.729. The first-order valence-corrected chi connectivity index (χ1v) is 7.86. The molecule has 0 radical (unpaired) electrons. The largest absolute Gasteiger partial charge is 0.494 e. The third-order valence-electron chi connectivity index (χ3n) is 2.51. The maximum Gasteiger partial charge on any atom is 0.152 e. The van der Waals surface area contributed by atoms with Crippen molar-refractivity contribution in [1.82, 2.24) is 0 Å². The van der Waals surface area contributed by atoms with Gasteiger partial charge in [-0.05, 0) is 37.5 Å². The van der Waals surface area contributed by atoms with E-state index in [0.717, 1.165) is 11.3 Å². The summed E-state index contributed by atoms with van der Waals surface area (Å²) in [5.41, 5.74) is 1.14. The molecule has 0 aliphatic rings. The highest BCUT2D eigenvalue weighted by atomic mass is 32.2. The smallest absolute Gasteiger partial charge is 0.152 e. The van der Waals surface area contributed by atoms with Gasteiger partial charge in [0.2, 0.25) is 0 Å². The molecule has 0 bridgehead atoms. The molecule has 4 nitrogen and oxygen atoms in total. The van der Waals surface area contributed by atoms with Gasteiger partial charge < -0.3 is 9.84 Å². The van der Waals surface area contributed by atoms with Crippen molar-refractivity contribution in [1.29, 1.82) is 0 Å². The Morgan fingerprint density at radius 2 is 2.00 bits per heavy atom. The number of hydrogen-bond acceptors (Lipinski definition) is 4. The summed E-state index contributed by atoms with van der Waals surface area (Å²) in [4.78, 5) is 0. The van der Waals surface area contributed by atoms with Crippen molar-refractivity contribution in [2.24, 2.45) is 0 Å². The van der Waals surface area contributed by atoms with Gasteiger partial charge in [-0.3, -0.25) is 0 Å². The summed E-state index contributed by atoms with van der Waals surface area (Å²) < 4.78 is 28.1. The number of aliphatic hydroxyl groups excluding tert-OH is 1. The molecule has 1 aromatic carbocycles. The number of sulfone groups is 1. The van der Waals surface area contributed by atoms with E-state index in [-0.39, 0.29) is 18.1 Å². The summed E-state index contributed by atoms with van der Waals surface area (Å²) in [7, 11) is -3.09. The number of ether oxygens (including phenoxy) is 1. The van der Waals surface area contributed by atoms with Crippen LogP contribution in [-0.4, -0.2) is 38.2 Å². The predicted octanol–water partition coefficient (Wildman–Crippen LogP) is 1.56. The van der Waals surface area contributed by atoms with Crippen molar-refractivity contribution in [2.75, 3.05) is 24.7 Å². The second-order valence-electron chi connectivity index (χ2n) is 4.25. The van der Waals surface area contributed by atoms with Gasteiger partial charge in [-0.2, -0.15) is 0 Å². The Morgan fingerprint density at radius 1 is 1.22 bits per heavy atom. The van der Waals surface area contributed by atoms with Crippen molar-refractivity contribution in [2.45, 2.75) is 19.8 Å². The standard InChI is InChI=1S/C13H20O4S/c1-12-5-4-6-13(11-12)17-8-2-3-9-18(15,16)10-7-14/h4-6,11,14H,2-3,7-10H2,1H3. The van der Waals surface area contributed by atoms with Gasteiger partial charge in [0.25, 0.3) is 0 Å². The molecule has 18 heavy (non-hydrogen) atoms. The first kappa shape index (κ1) is 15.0. The number of rotatable bonds is 8. The lowest BCUT2D eigenvalue weighted by atomic mass is 10.2. The fraction of sp³-hybridized carbons (Fsp3) is 0.538. The zero-order valence-electron chi connectivity index (χ0n) is 10.6. The summed E-state index contributed by atoms with van der Waals surface area (Å²) in [6.07, 6.45) is 1.26. The van der Waals surface area contributed by atoms with Crippen LogP contribution in [0.25, 0.3) is 0 Å². The Bertz CT molecular complexity index is 454. The van der Waals surface area contributed by atoms with Crippen LogP contribution in [0.4, 0.5) is 0 Å². The van der Waals surface area contributed by atoms with E-state index in [9.17, 15) is 8.42 Å². The molecule has 1 aromatic rings. The first-order chi connectivity index (χ1) is 8.53. The molecule has 1 N–H and O–H groups in total. The normalized spacial score (nSPS) is 11.4. The van der Waals surface area contributed by atoms with Crippen LogP contribution in [0.15, 0.2) is 24.3 Å². The monoisotopic (exact) mass is 272 g/mol. The van der Waals surface area contributed by atoms with E-state index in [1.54, 1.807) is 0 Å². The van der Waals surface area contributed by atoms with Crippen LogP contribution in [0, 0.1) is 6.92 Å². The Labute approximate surface area is 109 Å². The summed E-state index contributed by atoms with van der Waals surface area (Å²) in [5.74, 6) is 0.782. The molecular weight excluding hydrogens is 252 g/mol. The molecule has 0 spiro atoms. The van der Waals surface area contributed by atoms with E-state index < -0.39 is 9.84 Å². The fourth-order valence-corrected chi connectivity index (χ4v) is 2.69. The average Bonchev–Trinajstić information content (AvgIpc) is 2.28. The molecule has 5 heteroatoms. The second kappa shape index (κ2) is 7.38. The number of hydrogen-bond donors (Lipinski definition) is 1. The SMILES string of the molecule is Cc1cccc(OCCCCS(=O)(=O)CCO)c1. The lowest BCUT2D eigenvalue weighted by Gasteiger charge is -2.07. The molecule has 0 aromatic heterocycles. The van der Waals surface area contributed by atoms with Crippen LogP contribution in [0.3, 0.4) is 0 Å². The molecule has 0 atom stereocenters. The molecule has 0 saturated heterocycles. The molecule has 0 heterocycles. The second-order valence-corrected chi connectivity index (χ2v) is 6.55. The molecule has 0 fully saturated rings. The Hall–Kier alpha value is -1.07. The Kier molecular flexibility index (Phi) is 6.15. The van der Waals surface area contributed by atoms with Crippen molar-refractivity contribution >= 4 is 9.84 Å². The lowest BCUT2D eigenvalue weighted by molar-refractivity contribution is 0.309. The maximum atomic E-state index is 11.3. The van der Waals surface area contributed by atoms with Crippen LogP contribution in [0.2, 0.25) is 0 Å². The van der Waals surface area contributed by atoms with Crippen molar-refractivity contribution in [3.8, 4) is 5.75 Å². The van der Waals surface area contributed by atoms with E-state index in [2.05, 4.69) is 0 Å². The molecule has 0 saturated carbocycles. The molecule has 0 aliphatic heterocycles. The highest BCUT2D eigenvalue weighted by Crippen LogP contribution is 2.12. The van der Waals surface area contributed by atoms with Gasteiger partial charge in [0.15, 0.2) is 9.84 Å². The van der Waals surface area contributed by atoms with Crippen LogP contribution in [0.1, 0.15) is 18.4 Å². The van der Waals surface area contributed by atoms with Gasteiger partial charge >= 0.3 is 0 Å². The summed E-state index contributed by atoms with van der Waals surface area (Å²) in [6.45, 7) is 2.20. The number of aliphatic hydroxyl groups is 1. The van der Waals surface area contributed by atoms with E-state index in [1.807, 2.05) is 31.2 Å². The van der Waals surface area contributed by atoms with Crippen LogP contribution in [-0.2, 0) is 9.84 Å². The van der Waals surface area contributed by atoms with E-state index >= 15 is 0 Å². The minimum atomic E-state index is -3.09. The summed E-state index contributed by atoms with van der Waals surface area (Å²) >= 11 is 0. The minimum Gasteiger partial charge on any atom is -0.494 e. The molecule has 1 rings (SSSR count). The van der Waals surface area contributed by atoms with E-state index in [0.29, 0.717) is 19.4 Å². The summed E-state index contributed by atoms with van der Waals surface area (Å²) in [5, 5.41) is 8.58. The zero-order valence-corrected chi connectivity index (χ0v) is 11.4. The molecule has 102 valence electrons. The van der Waals surface area contributed by atoms with Crippen molar-refractivity contribution in [3.05, 3.63) is 29.8 Å². The fourth-order valence-electron chi connectivity index (χ4n) is 1.56. The molecular formula is C13H20O4S. The van der Waals surface area contributed by atoms with Gasteiger partial charge in [0.05, 0.1) is 24.7 Å². The predicted molar refractivity (Wildman–Crippen MR) is 71.6 cm³/mol. The van der Waals surface area contributed by atoms with Crippen molar-refractivity contribution in [3.63, 3.8) is 0 Å². The Morgan fingerprint density at radius 3 is 2.67 bits per heavy atom. The minimum absolute atomic E-state index is 0.116. The van der Waals surface area contributed by atoms with Crippen molar-refractivity contribution < 1.29 is 18.3 Å². The molecule has 0 amide bonds. The summed E-state index contributed by atoms with van der Waals surface area (Å²) in [6, 6.07) is 7.75. The average molecular weight is 272 g/mol. The van der Waals surface area contributed by atoms with Gasteiger partial charge in [-0.15, -0.1) is 0 Å². The zero-order chi connectivity index (χ0) is 13.4. The number of unbranched alkanes of at least 4 members (excludes halogenated alkanes) is 1. The van der Waals surface area contributed by atoms with Crippen LogP contribution in [0.5, 0.6) is 5.75 Å². The molecule has 0 unspecified atom stereocenters. The maximum absolute atomic E-state index is 11.3. The van der Waals surface area contributed by atoms with Gasteiger partial charge in [0, 0.05) is 0 Å².